The highest BCUT2D eigenvalue weighted by molar-refractivity contribution is 5.75. The quantitative estimate of drug-likeness (QED) is 0.882. The van der Waals surface area contributed by atoms with Crippen molar-refractivity contribution in [3.05, 3.63) is 34.9 Å². The Bertz CT molecular complexity index is 471. The number of carbonyl (C=O) groups excluding carboxylic acids is 1. The van der Waals surface area contributed by atoms with E-state index in [0.29, 0.717) is 0 Å². The van der Waals surface area contributed by atoms with Gasteiger partial charge in [-0.2, -0.15) is 13.2 Å². The second-order valence-corrected chi connectivity index (χ2v) is 4.60. The summed E-state index contributed by atoms with van der Waals surface area (Å²) in [5.74, 6) is -0.573. The normalized spacial score (nSPS) is 14.3. The monoisotopic (exact) mass is 272 g/mol. The Labute approximate surface area is 109 Å². The zero-order valence-electron chi connectivity index (χ0n) is 10.3. The fourth-order valence-corrected chi connectivity index (χ4v) is 2.00. The molecule has 104 valence electrons. The zero-order chi connectivity index (χ0) is 13.9. The molecule has 0 saturated carbocycles. The molecule has 0 atom stereocenters. The van der Waals surface area contributed by atoms with Crippen molar-refractivity contribution in [3.8, 4) is 0 Å². The topological polar surface area (TPSA) is 41.1 Å². The third kappa shape index (κ3) is 4.24. The van der Waals surface area contributed by atoms with Gasteiger partial charge in [0.25, 0.3) is 0 Å². The van der Waals surface area contributed by atoms with Gasteiger partial charge in [0, 0.05) is 26.1 Å². The molecule has 1 aliphatic rings. The van der Waals surface area contributed by atoms with E-state index in [0.717, 1.165) is 18.7 Å². The maximum Gasteiger partial charge on any atom is 0.389 e. The van der Waals surface area contributed by atoms with Crippen LogP contribution in [0, 0.1) is 0 Å². The van der Waals surface area contributed by atoms with Crippen LogP contribution >= 0.6 is 0 Å². The number of halogens is 3. The largest absolute Gasteiger partial charge is 0.389 e. The van der Waals surface area contributed by atoms with E-state index in [2.05, 4.69) is 10.6 Å². The van der Waals surface area contributed by atoms with Crippen molar-refractivity contribution in [2.24, 2.45) is 0 Å². The van der Waals surface area contributed by atoms with Crippen LogP contribution in [0.1, 0.15) is 29.5 Å². The lowest BCUT2D eigenvalue weighted by molar-refractivity contribution is -0.144. The van der Waals surface area contributed by atoms with E-state index in [1.54, 1.807) is 0 Å². The van der Waals surface area contributed by atoms with E-state index in [4.69, 9.17) is 0 Å². The van der Waals surface area contributed by atoms with Gasteiger partial charge in [-0.1, -0.05) is 18.2 Å². The maximum atomic E-state index is 11.9. The van der Waals surface area contributed by atoms with Crippen LogP contribution in [0.3, 0.4) is 0 Å². The lowest BCUT2D eigenvalue weighted by Gasteiger charge is -2.08. The Balaban J connectivity index is 1.81. The van der Waals surface area contributed by atoms with Crippen molar-refractivity contribution >= 4 is 5.91 Å². The number of hydrogen-bond acceptors (Lipinski definition) is 2. The number of fused-ring (bicyclic) bond motifs is 1. The van der Waals surface area contributed by atoms with Gasteiger partial charge in [-0.25, -0.2) is 0 Å². The molecule has 0 spiro atoms. The second kappa shape index (κ2) is 5.61. The van der Waals surface area contributed by atoms with Gasteiger partial charge in [0.05, 0.1) is 6.42 Å². The van der Waals surface area contributed by atoms with E-state index >= 15 is 0 Å². The summed E-state index contributed by atoms with van der Waals surface area (Å²) in [4.78, 5) is 11.3. The van der Waals surface area contributed by atoms with Crippen molar-refractivity contribution < 1.29 is 18.0 Å². The first-order chi connectivity index (χ1) is 8.94. The number of hydrogen-bond donors (Lipinski definition) is 2. The Morgan fingerprint density at radius 2 is 2.00 bits per heavy atom. The highest BCUT2D eigenvalue weighted by Gasteiger charge is 2.27. The Kier molecular flexibility index (Phi) is 4.09. The summed E-state index contributed by atoms with van der Waals surface area (Å²) in [6.07, 6.45) is -5.88. The molecular weight excluding hydrogens is 257 g/mol. The lowest BCUT2D eigenvalue weighted by atomic mass is 10.1. The summed E-state index contributed by atoms with van der Waals surface area (Å²) in [6.45, 7) is 1.91. The number of alkyl halides is 3. The number of rotatable bonds is 4. The van der Waals surface area contributed by atoms with Gasteiger partial charge in [0.15, 0.2) is 0 Å². The van der Waals surface area contributed by atoms with Gasteiger partial charge in [-0.15, -0.1) is 0 Å². The van der Waals surface area contributed by atoms with Crippen LogP contribution in [-0.2, 0) is 24.4 Å². The minimum absolute atomic E-state index is 0.268. The molecule has 19 heavy (non-hydrogen) atoms. The molecule has 2 rings (SSSR count). The fourth-order valence-electron chi connectivity index (χ4n) is 2.00. The average Bonchev–Trinajstić information content (AvgIpc) is 2.80. The predicted octanol–water partition coefficient (Wildman–Crippen LogP) is 2.25. The van der Waals surface area contributed by atoms with Crippen molar-refractivity contribution in [2.45, 2.75) is 38.7 Å². The third-order valence-corrected chi connectivity index (χ3v) is 3.03. The van der Waals surface area contributed by atoms with E-state index in [1.807, 2.05) is 18.2 Å². The maximum absolute atomic E-state index is 11.9. The number of carbonyl (C=O) groups is 1. The molecule has 0 fully saturated rings. The molecule has 0 saturated heterocycles. The molecule has 0 bridgehead atoms. The van der Waals surface area contributed by atoms with Gasteiger partial charge in [-0.3, -0.25) is 4.79 Å². The molecule has 0 aliphatic carbocycles. The van der Waals surface area contributed by atoms with Crippen molar-refractivity contribution in [3.63, 3.8) is 0 Å². The van der Waals surface area contributed by atoms with Gasteiger partial charge >= 0.3 is 6.18 Å². The van der Waals surface area contributed by atoms with Crippen LogP contribution in [-0.4, -0.2) is 12.1 Å². The Hall–Kier alpha value is -1.56. The van der Waals surface area contributed by atoms with E-state index in [9.17, 15) is 18.0 Å². The van der Waals surface area contributed by atoms with Crippen molar-refractivity contribution in [1.82, 2.24) is 10.6 Å². The number of nitrogens with one attached hydrogen (secondary N) is 2. The predicted molar refractivity (Wildman–Crippen MR) is 64.1 cm³/mol. The van der Waals surface area contributed by atoms with Crippen LogP contribution in [0.15, 0.2) is 18.2 Å². The van der Waals surface area contributed by atoms with E-state index in [-0.39, 0.29) is 6.54 Å². The van der Waals surface area contributed by atoms with E-state index < -0.39 is 24.9 Å². The van der Waals surface area contributed by atoms with E-state index in [1.165, 1.54) is 11.1 Å². The molecule has 1 heterocycles. The van der Waals surface area contributed by atoms with Gasteiger partial charge < -0.3 is 10.6 Å². The highest BCUT2D eigenvalue weighted by Crippen LogP contribution is 2.21. The number of benzene rings is 1. The van der Waals surface area contributed by atoms with Crippen LogP contribution in [0.4, 0.5) is 13.2 Å². The van der Waals surface area contributed by atoms with Gasteiger partial charge in [0.1, 0.15) is 0 Å². The molecule has 0 unspecified atom stereocenters. The molecule has 0 aromatic heterocycles. The first-order valence-electron chi connectivity index (χ1n) is 6.09. The summed E-state index contributed by atoms with van der Waals surface area (Å²) in [6, 6.07) is 5.84. The first-order valence-corrected chi connectivity index (χ1v) is 6.09. The first kappa shape index (κ1) is 13.9. The lowest BCUT2D eigenvalue weighted by Crippen LogP contribution is -2.24. The summed E-state index contributed by atoms with van der Waals surface area (Å²) in [5.41, 5.74) is 3.32. The van der Waals surface area contributed by atoms with Gasteiger partial charge in [-0.05, 0) is 16.7 Å². The third-order valence-electron chi connectivity index (χ3n) is 3.03. The van der Waals surface area contributed by atoms with Crippen LogP contribution in [0.25, 0.3) is 0 Å². The molecule has 1 aromatic carbocycles. The summed E-state index contributed by atoms with van der Waals surface area (Å²) < 4.78 is 35.8. The Morgan fingerprint density at radius 3 is 2.74 bits per heavy atom. The SMILES string of the molecule is O=C(CCC(F)(F)F)NCc1ccc2c(c1)CNC2. The van der Waals surface area contributed by atoms with Crippen LogP contribution in [0.2, 0.25) is 0 Å². The molecular formula is C13H15F3N2O. The average molecular weight is 272 g/mol. The standard InChI is InChI=1S/C13H15F3N2O/c14-13(15,16)4-3-12(19)18-6-9-1-2-10-7-17-8-11(10)5-9/h1-2,5,17H,3-4,6-8H2,(H,18,19). The highest BCUT2D eigenvalue weighted by atomic mass is 19.4. The number of amides is 1. The second-order valence-electron chi connectivity index (χ2n) is 4.60. The van der Waals surface area contributed by atoms with Crippen molar-refractivity contribution in [1.29, 1.82) is 0 Å². The minimum Gasteiger partial charge on any atom is -0.352 e. The smallest absolute Gasteiger partial charge is 0.352 e. The Morgan fingerprint density at radius 1 is 1.26 bits per heavy atom. The zero-order valence-corrected chi connectivity index (χ0v) is 10.3. The summed E-state index contributed by atoms with van der Waals surface area (Å²) in [5, 5.41) is 5.71. The van der Waals surface area contributed by atoms with Gasteiger partial charge in [0.2, 0.25) is 5.91 Å². The molecule has 1 aliphatic heterocycles. The molecule has 2 N–H and O–H groups in total. The molecule has 1 aromatic rings. The minimum atomic E-state index is -4.28. The molecule has 6 heteroatoms. The molecule has 3 nitrogen and oxygen atoms in total. The summed E-state index contributed by atoms with van der Waals surface area (Å²) in [7, 11) is 0. The van der Waals surface area contributed by atoms with Crippen molar-refractivity contribution in [2.75, 3.05) is 0 Å². The van der Waals surface area contributed by atoms with Crippen LogP contribution < -0.4 is 10.6 Å². The fraction of sp³-hybridized carbons (Fsp3) is 0.462. The summed E-state index contributed by atoms with van der Waals surface area (Å²) >= 11 is 0. The molecule has 1 amide bonds. The molecule has 0 radical (unpaired) electrons. The van der Waals surface area contributed by atoms with Crippen LogP contribution in [0.5, 0.6) is 0 Å².